The molecule has 0 amide bonds. The van der Waals surface area contributed by atoms with Crippen LogP contribution < -0.4 is 4.74 Å². The van der Waals surface area contributed by atoms with E-state index in [9.17, 15) is 0 Å². The topological polar surface area (TPSA) is 22.1 Å². The number of nitrogens with zero attached hydrogens (tertiary/aromatic N) is 1. The van der Waals surface area contributed by atoms with Crippen molar-refractivity contribution in [2.24, 2.45) is 0 Å². The Bertz CT molecular complexity index is 2800. The van der Waals surface area contributed by atoms with Crippen molar-refractivity contribution < 1.29 is 4.74 Å². The minimum absolute atomic E-state index is 0.508. The van der Waals surface area contributed by atoms with Crippen molar-refractivity contribution in [3.05, 3.63) is 235 Å². The smallest absolute Gasteiger partial charge is 0.132 e. The molecule has 0 N–H and O–H groups in total. The molecule has 56 heavy (non-hydrogen) atoms. The molecule has 0 radical (unpaired) electrons. The summed E-state index contributed by atoms with van der Waals surface area (Å²) in [4.78, 5) is 5.41. The Hall–Kier alpha value is -7.29. The summed E-state index contributed by atoms with van der Waals surface area (Å²) in [6.07, 6.45) is 0. The van der Waals surface area contributed by atoms with Gasteiger partial charge in [0.1, 0.15) is 11.5 Å². The van der Waals surface area contributed by atoms with Gasteiger partial charge in [0.25, 0.3) is 0 Å². The van der Waals surface area contributed by atoms with Crippen LogP contribution in [0.15, 0.2) is 212 Å². The van der Waals surface area contributed by atoms with Crippen molar-refractivity contribution in [2.75, 3.05) is 0 Å². The van der Waals surface area contributed by atoms with E-state index in [4.69, 9.17) is 9.72 Å². The van der Waals surface area contributed by atoms with Crippen LogP contribution in [0, 0.1) is 0 Å². The number of para-hydroxylation sites is 1. The number of hydrogen-bond acceptors (Lipinski definition) is 2. The van der Waals surface area contributed by atoms with Gasteiger partial charge in [-0.2, -0.15) is 0 Å². The number of ether oxygens (including phenoxy) is 1. The second-order valence-electron chi connectivity index (χ2n) is 14.7. The quantitative estimate of drug-likeness (QED) is 0.177. The molecule has 2 aliphatic rings. The number of rotatable bonds is 5. The van der Waals surface area contributed by atoms with Gasteiger partial charge in [-0.1, -0.05) is 176 Å². The summed E-state index contributed by atoms with van der Waals surface area (Å²) in [5, 5.41) is 0. The number of pyridine rings is 1. The minimum Gasteiger partial charge on any atom is -0.457 e. The van der Waals surface area contributed by atoms with E-state index in [1.54, 1.807) is 0 Å². The average Bonchev–Trinajstić information content (AvgIpc) is 3.57. The Labute approximate surface area is 327 Å². The molecule has 2 heteroatoms. The van der Waals surface area contributed by atoms with E-state index >= 15 is 0 Å². The molecule has 262 valence electrons. The monoisotopic (exact) mass is 713 g/mol. The third kappa shape index (κ3) is 5.07. The molecule has 8 aromatic carbocycles. The number of fused-ring (bicyclic) bond motifs is 9. The largest absolute Gasteiger partial charge is 0.457 e. The Morgan fingerprint density at radius 2 is 0.732 bits per heavy atom. The molecule has 0 saturated carbocycles. The first-order chi connectivity index (χ1) is 27.7. The second-order valence-corrected chi connectivity index (χ2v) is 14.7. The van der Waals surface area contributed by atoms with Crippen LogP contribution in [0.25, 0.3) is 67.0 Å². The van der Waals surface area contributed by atoms with Crippen LogP contribution in [0.4, 0.5) is 0 Å². The molecule has 0 atom stereocenters. The summed E-state index contributed by atoms with van der Waals surface area (Å²) < 4.78 is 6.89. The predicted octanol–water partition coefficient (Wildman–Crippen LogP) is 13.9. The lowest BCUT2D eigenvalue weighted by Crippen LogP contribution is -2.32. The summed E-state index contributed by atoms with van der Waals surface area (Å²) >= 11 is 0. The fourth-order valence-corrected chi connectivity index (χ4v) is 9.01. The highest BCUT2D eigenvalue weighted by atomic mass is 16.5. The Kier molecular flexibility index (Phi) is 7.43. The molecule has 1 aliphatic carbocycles. The third-order valence-electron chi connectivity index (χ3n) is 11.5. The average molecular weight is 714 g/mol. The zero-order valence-electron chi connectivity index (χ0n) is 30.6. The summed E-state index contributed by atoms with van der Waals surface area (Å²) in [6, 6.07) is 76.0. The second kappa shape index (κ2) is 12.9. The molecule has 2 nitrogen and oxygen atoms in total. The van der Waals surface area contributed by atoms with Crippen molar-refractivity contribution in [1.82, 2.24) is 4.98 Å². The maximum Gasteiger partial charge on any atom is 0.132 e. The highest BCUT2D eigenvalue weighted by molar-refractivity contribution is 5.89. The molecule has 2 heterocycles. The van der Waals surface area contributed by atoms with E-state index in [-0.39, 0.29) is 0 Å². The van der Waals surface area contributed by atoms with Gasteiger partial charge >= 0.3 is 0 Å². The van der Waals surface area contributed by atoms with E-state index in [1.165, 1.54) is 38.9 Å². The van der Waals surface area contributed by atoms with Gasteiger partial charge in [-0.15, -0.1) is 0 Å². The zero-order valence-corrected chi connectivity index (χ0v) is 30.6. The molecule has 11 rings (SSSR count). The number of benzene rings is 8. The fourth-order valence-electron chi connectivity index (χ4n) is 9.01. The van der Waals surface area contributed by atoms with Gasteiger partial charge in [-0.25, -0.2) is 4.98 Å². The normalized spacial score (nSPS) is 12.9. The van der Waals surface area contributed by atoms with Crippen LogP contribution in [-0.4, -0.2) is 4.98 Å². The first kappa shape index (κ1) is 32.2. The van der Waals surface area contributed by atoms with Gasteiger partial charge in [0.15, 0.2) is 0 Å². The maximum atomic E-state index is 6.89. The lowest BCUT2D eigenvalue weighted by molar-refractivity contribution is 0.436. The van der Waals surface area contributed by atoms with E-state index in [1.807, 2.05) is 0 Å². The first-order valence-electron chi connectivity index (χ1n) is 19.2. The lowest BCUT2D eigenvalue weighted by Gasteiger charge is -2.39. The summed E-state index contributed by atoms with van der Waals surface area (Å²) in [5.41, 5.74) is 17.7. The molecular formula is C54H35NO. The first-order valence-corrected chi connectivity index (χ1v) is 19.2. The lowest BCUT2D eigenvalue weighted by atomic mass is 9.66. The highest BCUT2D eigenvalue weighted by Crippen LogP contribution is 2.62. The number of aromatic nitrogens is 1. The van der Waals surface area contributed by atoms with Gasteiger partial charge < -0.3 is 4.74 Å². The summed E-state index contributed by atoms with van der Waals surface area (Å²) in [5.74, 6) is 1.72. The molecule has 0 unspecified atom stereocenters. The van der Waals surface area contributed by atoms with Crippen LogP contribution >= 0.6 is 0 Å². The Morgan fingerprint density at radius 3 is 1.36 bits per heavy atom. The van der Waals surface area contributed by atoms with Crippen molar-refractivity contribution in [3.63, 3.8) is 0 Å². The van der Waals surface area contributed by atoms with Crippen molar-refractivity contribution in [1.29, 1.82) is 0 Å². The van der Waals surface area contributed by atoms with Crippen LogP contribution in [0.5, 0.6) is 11.5 Å². The summed E-state index contributed by atoms with van der Waals surface area (Å²) in [7, 11) is 0. The van der Waals surface area contributed by atoms with Crippen LogP contribution in [0.2, 0.25) is 0 Å². The van der Waals surface area contributed by atoms with Gasteiger partial charge in [-0.05, 0) is 92.0 Å². The molecule has 1 aromatic heterocycles. The third-order valence-corrected chi connectivity index (χ3v) is 11.5. The van der Waals surface area contributed by atoms with Crippen molar-refractivity contribution in [2.45, 2.75) is 5.41 Å². The molecule has 1 aliphatic heterocycles. The van der Waals surface area contributed by atoms with Crippen LogP contribution in [0.1, 0.15) is 22.3 Å². The van der Waals surface area contributed by atoms with Gasteiger partial charge in [0.2, 0.25) is 0 Å². The Balaban J connectivity index is 1.11. The summed E-state index contributed by atoms with van der Waals surface area (Å²) in [6.45, 7) is 0. The Morgan fingerprint density at radius 1 is 0.286 bits per heavy atom. The van der Waals surface area contributed by atoms with Crippen molar-refractivity contribution >= 4 is 0 Å². The van der Waals surface area contributed by atoms with Crippen LogP contribution in [-0.2, 0) is 5.41 Å². The maximum absolute atomic E-state index is 6.89. The van der Waals surface area contributed by atoms with Gasteiger partial charge in [-0.3, -0.25) is 0 Å². The molecular weight excluding hydrogens is 679 g/mol. The highest BCUT2D eigenvalue weighted by Gasteiger charge is 2.50. The van der Waals surface area contributed by atoms with E-state index < -0.39 is 5.41 Å². The molecule has 0 bridgehead atoms. The van der Waals surface area contributed by atoms with Gasteiger partial charge in [0, 0.05) is 22.3 Å². The van der Waals surface area contributed by atoms with E-state index in [2.05, 4.69) is 212 Å². The standard InChI is InChI=1S/C54H35NO/c1-3-15-36(16-4-1)38-19-13-21-40(31-38)43-33-50(41-22-14-20-39(32-41)37-17-5-2-6-18-37)55-51(34-43)42-29-30-49-53(35-42)56-52-28-12-11-27-48(52)54(49)46-25-9-7-23-44(46)45-24-8-10-26-47(45)54/h1-35H. The predicted molar refractivity (Wildman–Crippen MR) is 229 cm³/mol. The number of hydrogen-bond donors (Lipinski definition) is 0. The fraction of sp³-hybridized carbons (Fsp3) is 0.0185. The molecule has 0 fully saturated rings. The SMILES string of the molecule is c1ccc(-c2cccc(-c3cc(-c4cccc(-c5ccccc5)c4)nc(-c4ccc5c(c4)Oc4ccccc4C54c5ccccc5-c5ccccc54)c3)c2)cc1. The van der Waals surface area contributed by atoms with Crippen LogP contribution in [0.3, 0.4) is 0 Å². The molecule has 1 spiro atoms. The van der Waals surface area contributed by atoms with Gasteiger partial charge in [0.05, 0.1) is 16.8 Å². The van der Waals surface area contributed by atoms with E-state index in [0.717, 1.165) is 61.8 Å². The molecule has 0 saturated heterocycles. The van der Waals surface area contributed by atoms with Crippen molar-refractivity contribution in [3.8, 4) is 78.5 Å². The zero-order chi connectivity index (χ0) is 37.1. The van der Waals surface area contributed by atoms with E-state index in [0.29, 0.717) is 0 Å². The minimum atomic E-state index is -0.508. The molecule has 9 aromatic rings.